The number of hydrogen-bond donors (Lipinski definition) is 0. The van der Waals surface area contributed by atoms with Crippen LogP contribution in [0.1, 0.15) is 24.0 Å². The van der Waals surface area contributed by atoms with Gasteiger partial charge in [0.15, 0.2) is 0 Å². The number of ether oxygens (including phenoxy) is 2. The van der Waals surface area contributed by atoms with Gasteiger partial charge in [0, 0.05) is 6.61 Å². The van der Waals surface area contributed by atoms with Crippen LogP contribution in [-0.4, -0.2) is 19.8 Å². The second kappa shape index (κ2) is 6.59. The Kier molecular flexibility index (Phi) is 4.37. The topological polar surface area (TPSA) is 18.5 Å². The van der Waals surface area contributed by atoms with Gasteiger partial charge < -0.3 is 9.47 Å². The van der Waals surface area contributed by atoms with E-state index in [-0.39, 0.29) is 6.10 Å². The van der Waals surface area contributed by atoms with E-state index < -0.39 is 0 Å². The molecule has 0 aromatic heterocycles. The minimum absolute atomic E-state index is 0.224. The van der Waals surface area contributed by atoms with E-state index in [0.29, 0.717) is 0 Å². The third-order valence-corrected chi connectivity index (χ3v) is 3.80. The largest absolute Gasteiger partial charge is 0.497 e. The maximum Gasteiger partial charge on any atom is 0.118 e. The maximum atomic E-state index is 5.77. The van der Waals surface area contributed by atoms with E-state index in [4.69, 9.17) is 9.47 Å². The fraction of sp³-hybridized carbons (Fsp3) is 0.263. The van der Waals surface area contributed by atoms with E-state index >= 15 is 0 Å². The molecule has 0 radical (unpaired) electrons. The van der Waals surface area contributed by atoms with Crippen molar-refractivity contribution in [1.82, 2.24) is 0 Å². The lowest BCUT2D eigenvalue weighted by Crippen LogP contribution is -2.02. The van der Waals surface area contributed by atoms with Crippen LogP contribution in [-0.2, 0) is 4.74 Å². The van der Waals surface area contributed by atoms with Crippen molar-refractivity contribution < 1.29 is 9.47 Å². The highest BCUT2D eigenvalue weighted by Crippen LogP contribution is 2.28. The Morgan fingerprint density at radius 1 is 1.05 bits per heavy atom. The summed E-state index contributed by atoms with van der Waals surface area (Å²) < 4.78 is 11.0. The smallest absolute Gasteiger partial charge is 0.118 e. The van der Waals surface area contributed by atoms with Crippen LogP contribution < -0.4 is 4.74 Å². The molecular formula is C19H20O2. The minimum atomic E-state index is 0.224. The van der Waals surface area contributed by atoms with E-state index in [0.717, 1.165) is 25.2 Å². The third kappa shape index (κ3) is 3.34. The molecular weight excluding hydrogens is 260 g/mol. The van der Waals surface area contributed by atoms with Crippen molar-refractivity contribution in [3.63, 3.8) is 0 Å². The Morgan fingerprint density at radius 3 is 2.38 bits per heavy atom. The van der Waals surface area contributed by atoms with Gasteiger partial charge in [-0.15, -0.1) is 0 Å². The second-order valence-electron chi connectivity index (χ2n) is 5.23. The lowest BCUT2D eigenvalue weighted by atomic mass is 9.96. The summed E-state index contributed by atoms with van der Waals surface area (Å²) >= 11 is 0. The van der Waals surface area contributed by atoms with Crippen molar-refractivity contribution in [3.8, 4) is 5.75 Å². The number of hydrogen-bond acceptors (Lipinski definition) is 2. The van der Waals surface area contributed by atoms with Crippen LogP contribution in [0.2, 0.25) is 0 Å². The van der Waals surface area contributed by atoms with Crippen LogP contribution in [0.15, 0.2) is 60.7 Å². The summed E-state index contributed by atoms with van der Waals surface area (Å²) in [5, 5.41) is 0. The van der Waals surface area contributed by atoms with Gasteiger partial charge >= 0.3 is 0 Å². The highest BCUT2D eigenvalue weighted by Gasteiger charge is 2.15. The van der Waals surface area contributed by atoms with Crippen LogP contribution in [0, 0.1) is 0 Å². The third-order valence-electron chi connectivity index (χ3n) is 3.80. The average Bonchev–Trinajstić information content (AvgIpc) is 3.07. The van der Waals surface area contributed by atoms with Gasteiger partial charge in [0.25, 0.3) is 0 Å². The van der Waals surface area contributed by atoms with Crippen molar-refractivity contribution in [2.45, 2.75) is 18.9 Å². The van der Waals surface area contributed by atoms with Crippen LogP contribution in [0.5, 0.6) is 5.75 Å². The van der Waals surface area contributed by atoms with E-state index in [1.54, 1.807) is 7.11 Å². The molecule has 2 heteroatoms. The van der Waals surface area contributed by atoms with Gasteiger partial charge in [0.1, 0.15) is 5.75 Å². The summed E-state index contributed by atoms with van der Waals surface area (Å²) in [6.45, 7) is 0.867. The van der Waals surface area contributed by atoms with Crippen molar-refractivity contribution >= 4 is 5.57 Å². The molecule has 1 saturated heterocycles. The molecule has 0 amide bonds. The van der Waals surface area contributed by atoms with Crippen LogP contribution >= 0.6 is 0 Å². The van der Waals surface area contributed by atoms with E-state index in [1.165, 1.54) is 16.7 Å². The summed E-state index contributed by atoms with van der Waals surface area (Å²) in [5.74, 6) is 0.878. The molecule has 2 aromatic rings. The number of methoxy groups -OCH3 is 1. The van der Waals surface area contributed by atoms with Crippen molar-refractivity contribution in [3.05, 3.63) is 71.8 Å². The highest BCUT2D eigenvalue weighted by molar-refractivity contribution is 5.80. The molecule has 1 aliphatic rings. The van der Waals surface area contributed by atoms with Gasteiger partial charge in [-0.3, -0.25) is 0 Å². The lowest BCUT2D eigenvalue weighted by Gasteiger charge is -2.12. The summed E-state index contributed by atoms with van der Waals surface area (Å²) in [5.41, 5.74) is 3.64. The first-order chi connectivity index (χ1) is 10.4. The minimum Gasteiger partial charge on any atom is -0.497 e. The zero-order valence-corrected chi connectivity index (χ0v) is 12.3. The quantitative estimate of drug-likeness (QED) is 0.831. The predicted molar refractivity (Wildman–Crippen MR) is 85.5 cm³/mol. The molecule has 1 atom stereocenters. The van der Waals surface area contributed by atoms with Crippen molar-refractivity contribution in [1.29, 1.82) is 0 Å². The van der Waals surface area contributed by atoms with Gasteiger partial charge in [0.05, 0.1) is 13.2 Å². The zero-order chi connectivity index (χ0) is 14.5. The molecule has 1 unspecified atom stereocenters. The second-order valence-corrected chi connectivity index (χ2v) is 5.23. The van der Waals surface area contributed by atoms with Crippen LogP contribution in [0.3, 0.4) is 0 Å². The molecule has 21 heavy (non-hydrogen) atoms. The van der Waals surface area contributed by atoms with Gasteiger partial charge in [-0.1, -0.05) is 42.5 Å². The van der Waals surface area contributed by atoms with Crippen LogP contribution in [0.25, 0.3) is 5.57 Å². The monoisotopic (exact) mass is 280 g/mol. The Labute approximate surface area is 126 Å². The van der Waals surface area contributed by atoms with Crippen molar-refractivity contribution in [2.75, 3.05) is 13.7 Å². The first-order valence-electron chi connectivity index (χ1n) is 7.40. The Morgan fingerprint density at radius 2 is 1.76 bits per heavy atom. The normalized spacial score (nSPS) is 18.7. The molecule has 0 saturated carbocycles. The fourth-order valence-electron chi connectivity index (χ4n) is 2.67. The van der Waals surface area contributed by atoms with Crippen molar-refractivity contribution in [2.24, 2.45) is 0 Å². The molecule has 1 fully saturated rings. The van der Waals surface area contributed by atoms with E-state index in [9.17, 15) is 0 Å². The van der Waals surface area contributed by atoms with Gasteiger partial charge in [0.2, 0.25) is 0 Å². The molecule has 3 rings (SSSR count). The number of benzene rings is 2. The Bertz CT molecular complexity index is 593. The Hall–Kier alpha value is -2.06. The molecule has 2 aromatic carbocycles. The SMILES string of the molecule is COc1ccc(/C(=C/C2CCCO2)c2ccccc2)cc1. The first-order valence-corrected chi connectivity index (χ1v) is 7.40. The fourth-order valence-corrected chi connectivity index (χ4v) is 2.67. The Balaban J connectivity index is 1.98. The standard InChI is InChI=1S/C19H20O2/c1-20-17-11-9-16(10-12-17)19(14-18-8-5-13-21-18)15-6-3-2-4-7-15/h2-4,6-7,9-12,14,18H,5,8,13H2,1H3/b19-14+. The summed E-state index contributed by atoms with van der Waals surface area (Å²) in [6.07, 6.45) is 4.73. The molecule has 0 bridgehead atoms. The summed E-state index contributed by atoms with van der Waals surface area (Å²) in [7, 11) is 1.69. The van der Waals surface area contributed by atoms with Gasteiger partial charge in [-0.05, 0) is 47.8 Å². The van der Waals surface area contributed by atoms with E-state index in [1.807, 2.05) is 18.2 Å². The predicted octanol–water partition coefficient (Wildman–Crippen LogP) is 4.31. The van der Waals surface area contributed by atoms with Gasteiger partial charge in [-0.2, -0.15) is 0 Å². The van der Waals surface area contributed by atoms with Crippen LogP contribution in [0.4, 0.5) is 0 Å². The average molecular weight is 280 g/mol. The summed E-state index contributed by atoms with van der Waals surface area (Å²) in [4.78, 5) is 0. The van der Waals surface area contributed by atoms with E-state index in [2.05, 4.69) is 42.5 Å². The first kappa shape index (κ1) is 13.9. The highest BCUT2D eigenvalue weighted by atomic mass is 16.5. The lowest BCUT2D eigenvalue weighted by molar-refractivity contribution is 0.146. The molecule has 1 heterocycles. The molecule has 1 aliphatic heterocycles. The molecule has 0 aliphatic carbocycles. The molecule has 0 N–H and O–H groups in total. The zero-order valence-electron chi connectivity index (χ0n) is 12.3. The molecule has 0 spiro atoms. The maximum absolute atomic E-state index is 5.77. The molecule has 108 valence electrons. The summed E-state index contributed by atoms with van der Waals surface area (Å²) in [6, 6.07) is 18.7. The number of rotatable bonds is 4. The molecule has 2 nitrogen and oxygen atoms in total. The van der Waals surface area contributed by atoms with Gasteiger partial charge in [-0.25, -0.2) is 0 Å².